The van der Waals surface area contributed by atoms with Crippen LogP contribution in [-0.4, -0.2) is 24.3 Å². The van der Waals surface area contributed by atoms with Crippen molar-refractivity contribution in [3.05, 3.63) is 38.6 Å². The average Bonchev–Trinajstić information content (AvgIpc) is 2.72. The van der Waals surface area contributed by atoms with Crippen molar-refractivity contribution in [3.63, 3.8) is 0 Å². The largest absolute Gasteiger partial charge is 0.291 e. The second-order valence-electron chi connectivity index (χ2n) is 3.17. The van der Waals surface area contributed by atoms with Gasteiger partial charge in [0.1, 0.15) is 12.2 Å². The Morgan fingerprint density at radius 1 is 1.50 bits per heavy atom. The first-order chi connectivity index (χ1) is 7.72. The van der Waals surface area contributed by atoms with Gasteiger partial charge in [0.25, 0.3) is 5.56 Å². The summed E-state index contributed by atoms with van der Waals surface area (Å²) < 4.78 is 3.88. The van der Waals surface area contributed by atoms with Crippen LogP contribution in [0.25, 0.3) is 0 Å². The van der Waals surface area contributed by atoms with E-state index in [1.54, 1.807) is 10.9 Å². The number of nitrogens with zero attached hydrogens (tertiary/aromatic N) is 5. The van der Waals surface area contributed by atoms with Crippen LogP contribution in [0, 0.1) is 3.57 Å². The zero-order chi connectivity index (χ0) is 11.5. The van der Waals surface area contributed by atoms with Crippen LogP contribution >= 0.6 is 22.6 Å². The number of hydrogen-bond donors (Lipinski definition) is 0. The molecule has 0 unspecified atom stereocenters. The number of aromatic nitrogens is 5. The van der Waals surface area contributed by atoms with Crippen LogP contribution in [0.1, 0.15) is 12.7 Å². The predicted molar refractivity (Wildman–Crippen MR) is 66.0 cm³/mol. The van der Waals surface area contributed by atoms with Crippen LogP contribution in [0.2, 0.25) is 0 Å². The van der Waals surface area contributed by atoms with Crippen molar-refractivity contribution in [1.29, 1.82) is 0 Å². The molecule has 0 aliphatic carbocycles. The fraction of sp³-hybridized carbons (Fsp3) is 0.333. The minimum Gasteiger partial charge on any atom is -0.291 e. The molecule has 0 aliphatic rings. The van der Waals surface area contributed by atoms with E-state index >= 15 is 0 Å². The minimum absolute atomic E-state index is 0.0544. The summed E-state index contributed by atoms with van der Waals surface area (Å²) in [4.78, 5) is 19.8. The molecule has 0 spiro atoms. The highest BCUT2D eigenvalue weighted by Gasteiger charge is 2.06. The molecule has 16 heavy (non-hydrogen) atoms. The molecule has 0 atom stereocenters. The highest BCUT2D eigenvalue weighted by Crippen LogP contribution is 1.98. The van der Waals surface area contributed by atoms with Gasteiger partial charge < -0.3 is 0 Å². The van der Waals surface area contributed by atoms with Crippen molar-refractivity contribution >= 4 is 22.6 Å². The van der Waals surface area contributed by atoms with Gasteiger partial charge in [-0.25, -0.2) is 14.6 Å². The molecular formula is C9H10IN5O. The Bertz CT molecular complexity index is 547. The summed E-state index contributed by atoms with van der Waals surface area (Å²) >= 11 is 1.97. The van der Waals surface area contributed by atoms with E-state index in [1.165, 1.54) is 17.2 Å². The second kappa shape index (κ2) is 4.73. The van der Waals surface area contributed by atoms with Gasteiger partial charge >= 0.3 is 0 Å². The normalized spacial score (nSPS) is 10.6. The molecule has 2 heterocycles. The first-order valence-corrected chi connectivity index (χ1v) is 5.87. The molecule has 84 valence electrons. The Labute approximate surface area is 105 Å². The minimum atomic E-state index is -0.0544. The van der Waals surface area contributed by atoms with Crippen molar-refractivity contribution in [2.24, 2.45) is 0 Å². The molecule has 2 aromatic heterocycles. The number of aryl methyl sites for hydroxylation is 1. The third kappa shape index (κ3) is 2.13. The van der Waals surface area contributed by atoms with E-state index in [1.807, 2.05) is 29.5 Å². The summed E-state index contributed by atoms with van der Waals surface area (Å²) in [7, 11) is 0. The van der Waals surface area contributed by atoms with Crippen LogP contribution in [-0.2, 0) is 13.1 Å². The molecule has 2 aromatic rings. The van der Waals surface area contributed by atoms with Crippen molar-refractivity contribution in [2.45, 2.75) is 20.0 Å². The van der Waals surface area contributed by atoms with Gasteiger partial charge in [-0.1, -0.05) is 0 Å². The quantitative estimate of drug-likeness (QED) is 0.769. The smallest absolute Gasteiger partial charge is 0.267 e. The van der Waals surface area contributed by atoms with Crippen LogP contribution in [0.5, 0.6) is 0 Å². The monoisotopic (exact) mass is 331 g/mol. The highest BCUT2D eigenvalue weighted by molar-refractivity contribution is 14.1. The lowest BCUT2D eigenvalue weighted by molar-refractivity contribution is 0.581. The van der Waals surface area contributed by atoms with Gasteiger partial charge in [0.2, 0.25) is 0 Å². The lowest BCUT2D eigenvalue weighted by Gasteiger charge is -2.05. The van der Waals surface area contributed by atoms with Crippen molar-refractivity contribution in [3.8, 4) is 0 Å². The lowest BCUT2D eigenvalue weighted by atomic mass is 10.5. The van der Waals surface area contributed by atoms with Gasteiger partial charge in [-0.05, 0) is 29.5 Å². The summed E-state index contributed by atoms with van der Waals surface area (Å²) in [5.74, 6) is 0.758. The maximum absolute atomic E-state index is 11.8. The van der Waals surface area contributed by atoms with Crippen LogP contribution < -0.4 is 5.56 Å². The summed E-state index contributed by atoms with van der Waals surface area (Å²) in [6.45, 7) is 3.12. The first kappa shape index (κ1) is 11.2. The molecule has 0 aromatic carbocycles. The average molecular weight is 331 g/mol. The van der Waals surface area contributed by atoms with E-state index in [9.17, 15) is 4.79 Å². The molecule has 7 heteroatoms. The van der Waals surface area contributed by atoms with E-state index in [4.69, 9.17) is 0 Å². The van der Waals surface area contributed by atoms with Crippen LogP contribution in [0.4, 0.5) is 0 Å². The second-order valence-corrected chi connectivity index (χ2v) is 4.33. The zero-order valence-electron chi connectivity index (χ0n) is 8.67. The third-order valence-electron chi connectivity index (χ3n) is 2.17. The fourth-order valence-electron chi connectivity index (χ4n) is 1.36. The third-order valence-corrected chi connectivity index (χ3v) is 2.91. The number of halogens is 1. The van der Waals surface area contributed by atoms with Crippen molar-refractivity contribution in [1.82, 2.24) is 24.3 Å². The summed E-state index contributed by atoms with van der Waals surface area (Å²) in [5.41, 5.74) is -0.0544. The van der Waals surface area contributed by atoms with Gasteiger partial charge in [0.05, 0.1) is 16.4 Å². The van der Waals surface area contributed by atoms with Gasteiger partial charge in [0.15, 0.2) is 0 Å². The number of rotatable bonds is 3. The van der Waals surface area contributed by atoms with Crippen LogP contribution in [0.3, 0.4) is 0 Å². The van der Waals surface area contributed by atoms with E-state index in [2.05, 4.69) is 15.1 Å². The van der Waals surface area contributed by atoms with E-state index in [0.29, 0.717) is 10.1 Å². The Hall–Kier alpha value is -1.25. The van der Waals surface area contributed by atoms with E-state index in [0.717, 1.165) is 12.4 Å². The van der Waals surface area contributed by atoms with Crippen LogP contribution in [0.15, 0.2) is 23.6 Å². The molecule has 0 aliphatic heterocycles. The Morgan fingerprint density at radius 3 is 3.06 bits per heavy atom. The van der Waals surface area contributed by atoms with Gasteiger partial charge in [0, 0.05) is 12.7 Å². The summed E-state index contributed by atoms with van der Waals surface area (Å²) in [6, 6.07) is 0. The van der Waals surface area contributed by atoms with E-state index in [-0.39, 0.29) is 5.56 Å². The molecule has 0 fully saturated rings. The first-order valence-electron chi connectivity index (χ1n) is 4.79. The topological polar surface area (TPSA) is 65.6 Å². The Kier molecular flexibility index (Phi) is 3.32. The molecule has 6 nitrogen and oxygen atoms in total. The summed E-state index contributed by atoms with van der Waals surface area (Å²) in [6.07, 6.45) is 4.55. The fourth-order valence-corrected chi connectivity index (χ4v) is 1.83. The van der Waals surface area contributed by atoms with Gasteiger partial charge in [-0.15, -0.1) is 0 Å². The number of hydrogen-bond acceptors (Lipinski definition) is 4. The zero-order valence-corrected chi connectivity index (χ0v) is 10.8. The standard InChI is InChI=1S/C9H10IN5O/c1-2-15-8(12-5-13-15)4-14-6-11-3-7(10)9(14)16/h3,5-6H,2,4H2,1H3. The SMILES string of the molecule is CCn1ncnc1Cn1cncc(I)c1=O. The molecule has 0 bridgehead atoms. The summed E-state index contributed by atoms with van der Waals surface area (Å²) in [5, 5.41) is 4.05. The maximum atomic E-state index is 11.8. The Morgan fingerprint density at radius 2 is 2.31 bits per heavy atom. The molecular weight excluding hydrogens is 321 g/mol. The molecule has 0 radical (unpaired) electrons. The van der Waals surface area contributed by atoms with Crippen molar-refractivity contribution in [2.75, 3.05) is 0 Å². The molecule has 0 N–H and O–H groups in total. The predicted octanol–water partition coefficient (Wildman–Crippen LogP) is 0.508. The lowest BCUT2D eigenvalue weighted by Crippen LogP contribution is -2.24. The maximum Gasteiger partial charge on any atom is 0.267 e. The molecule has 2 rings (SSSR count). The van der Waals surface area contributed by atoms with Crippen molar-refractivity contribution < 1.29 is 0 Å². The molecule has 0 amide bonds. The van der Waals surface area contributed by atoms with Gasteiger partial charge in [-0.3, -0.25) is 9.36 Å². The Balaban J connectivity index is 2.34. The highest BCUT2D eigenvalue weighted by atomic mass is 127. The molecule has 0 saturated heterocycles. The van der Waals surface area contributed by atoms with Gasteiger partial charge in [-0.2, -0.15) is 5.10 Å². The molecule has 0 saturated carbocycles. The van der Waals surface area contributed by atoms with E-state index < -0.39 is 0 Å².